The molecule has 1 aliphatic carbocycles. The summed E-state index contributed by atoms with van der Waals surface area (Å²) in [5, 5.41) is 0. The summed E-state index contributed by atoms with van der Waals surface area (Å²) in [6, 6.07) is 7.15. The van der Waals surface area contributed by atoms with Gasteiger partial charge in [-0.05, 0) is 55.6 Å². The zero-order chi connectivity index (χ0) is 13.4. The van der Waals surface area contributed by atoms with Crippen molar-refractivity contribution in [3.63, 3.8) is 0 Å². The Morgan fingerprint density at radius 2 is 2.11 bits per heavy atom. The second kappa shape index (κ2) is 5.12. The number of rotatable bonds is 2. The Morgan fingerprint density at radius 1 is 1.32 bits per heavy atom. The Hall–Kier alpha value is -1.09. The molecular formula is C16H22N2S. The number of nitrogens with one attached hydrogen (secondary N) is 1. The van der Waals surface area contributed by atoms with Gasteiger partial charge in [0.1, 0.15) is 0 Å². The minimum Gasteiger partial charge on any atom is -0.331 e. The van der Waals surface area contributed by atoms with Gasteiger partial charge in [0.25, 0.3) is 0 Å². The number of aryl methyl sites for hydroxylation is 1. The molecule has 1 fully saturated rings. The zero-order valence-electron chi connectivity index (χ0n) is 11.8. The zero-order valence-corrected chi connectivity index (χ0v) is 12.6. The van der Waals surface area contributed by atoms with Gasteiger partial charge in [-0.1, -0.05) is 32.3 Å². The molecule has 1 aromatic carbocycles. The van der Waals surface area contributed by atoms with E-state index in [0.717, 1.165) is 10.7 Å². The molecule has 0 radical (unpaired) electrons. The number of hydrogen-bond acceptors (Lipinski definition) is 1. The van der Waals surface area contributed by atoms with Crippen molar-refractivity contribution >= 4 is 23.3 Å². The van der Waals surface area contributed by atoms with Gasteiger partial charge in [-0.2, -0.15) is 0 Å². The van der Waals surface area contributed by atoms with Crippen molar-refractivity contribution in [3.8, 4) is 0 Å². The summed E-state index contributed by atoms with van der Waals surface area (Å²) in [6.45, 7) is 4.46. The highest BCUT2D eigenvalue weighted by molar-refractivity contribution is 7.71. The molecular weight excluding hydrogens is 252 g/mol. The third kappa shape index (κ3) is 2.25. The Labute approximate surface area is 119 Å². The lowest BCUT2D eigenvalue weighted by Crippen LogP contribution is -2.22. The lowest BCUT2D eigenvalue weighted by Gasteiger charge is -2.32. The lowest BCUT2D eigenvalue weighted by atomic mass is 9.82. The first-order valence-electron chi connectivity index (χ1n) is 7.41. The largest absolute Gasteiger partial charge is 0.331 e. The molecule has 1 N–H and O–H groups in total. The van der Waals surface area contributed by atoms with Crippen LogP contribution in [0.5, 0.6) is 0 Å². The van der Waals surface area contributed by atoms with E-state index >= 15 is 0 Å². The first-order valence-corrected chi connectivity index (χ1v) is 7.82. The van der Waals surface area contributed by atoms with Gasteiger partial charge in [0, 0.05) is 6.04 Å². The summed E-state index contributed by atoms with van der Waals surface area (Å²) in [4.78, 5) is 3.37. The molecule has 2 atom stereocenters. The fraction of sp³-hybridized carbons (Fsp3) is 0.562. The van der Waals surface area contributed by atoms with E-state index in [1.165, 1.54) is 48.7 Å². The van der Waals surface area contributed by atoms with E-state index in [9.17, 15) is 0 Å². The van der Waals surface area contributed by atoms with E-state index in [1.807, 2.05) is 0 Å². The maximum atomic E-state index is 5.59. The predicted molar refractivity (Wildman–Crippen MR) is 83.1 cm³/mol. The van der Waals surface area contributed by atoms with Crippen LogP contribution in [-0.4, -0.2) is 9.55 Å². The van der Waals surface area contributed by atoms with Gasteiger partial charge in [0.05, 0.1) is 11.0 Å². The summed E-state index contributed by atoms with van der Waals surface area (Å²) in [7, 11) is 0. The Bertz CT molecular complexity index is 638. The molecule has 0 aliphatic heterocycles. The molecule has 0 spiro atoms. The standard InChI is InChI=1S/C16H22N2S/c1-3-12-6-4-5-7-14(12)18-15-10-11(2)8-9-13(15)17-16(18)19/h8-10,12,14H,3-7H2,1-2H3,(H,17,19). The summed E-state index contributed by atoms with van der Waals surface area (Å²) in [5.74, 6) is 0.778. The van der Waals surface area contributed by atoms with E-state index in [2.05, 4.69) is 41.6 Å². The molecule has 1 heterocycles. The van der Waals surface area contributed by atoms with Crippen LogP contribution in [0.4, 0.5) is 0 Å². The first kappa shape index (κ1) is 12.9. The summed E-state index contributed by atoms with van der Waals surface area (Å²) in [6.07, 6.45) is 6.59. The highest BCUT2D eigenvalue weighted by atomic mass is 32.1. The maximum absolute atomic E-state index is 5.59. The van der Waals surface area contributed by atoms with Crippen LogP contribution in [-0.2, 0) is 0 Å². The summed E-state index contributed by atoms with van der Waals surface area (Å²) in [5.41, 5.74) is 3.77. The lowest BCUT2D eigenvalue weighted by molar-refractivity contribution is 0.235. The number of aromatic nitrogens is 2. The number of aromatic amines is 1. The van der Waals surface area contributed by atoms with Crippen molar-refractivity contribution in [3.05, 3.63) is 28.5 Å². The second-order valence-corrected chi connectivity index (χ2v) is 6.23. The molecule has 0 amide bonds. The van der Waals surface area contributed by atoms with Crippen molar-refractivity contribution in [2.24, 2.45) is 5.92 Å². The topological polar surface area (TPSA) is 20.7 Å². The third-order valence-electron chi connectivity index (χ3n) is 4.60. The van der Waals surface area contributed by atoms with Crippen molar-refractivity contribution in [1.29, 1.82) is 0 Å². The maximum Gasteiger partial charge on any atom is 0.178 e. The number of fused-ring (bicyclic) bond motifs is 1. The van der Waals surface area contributed by atoms with Crippen molar-refractivity contribution in [1.82, 2.24) is 9.55 Å². The van der Waals surface area contributed by atoms with Gasteiger partial charge in [0.2, 0.25) is 0 Å². The van der Waals surface area contributed by atoms with Gasteiger partial charge in [-0.15, -0.1) is 0 Å². The smallest absolute Gasteiger partial charge is 0.178 e. The molecule has 0 bridgehead atoms. The SMILES string of the molecule is CCC1CCCCC1n1c(=S)[nH]c2ccc(C)cc21. The quantitative estimate of drug-likeness (QED) is 0.751. The Morgan fingerprint density at radius 3 is 2.89 bits per heavy atom. The van der Waals surface area contributed by atoms with Crippen LogP contribution in [0.25, 0.3) is 11.0 Å². The molecule has 2 nitrogen and oxygen atoms in total. The number of nitrogens with zero attached hydrogens (tertiary/aromatic N) is 1. The van der Waals surface area contributed by atoms with Gasteiger partial charge in [0.15, 0.2) is 4.77 Å². The van der Waals surface area contributed by atoms with Crippen LogP contribution in [0.15, 0.2) is 18.2 Å². The van der Waals surface area contributed by atoms with E-state index in [4.69, 9.17) is 12.2 Å². The number of H-pyrrole nitrogens is 1. The molecule has 1 saturated carbocycles. The van der Waals surface area contributed by atoms with Crippen LogP contribution in [0.1, 0.15) is 50.6 Å². The summed E-state index contributed by atoms with van der Waals surface area (Å²) < 4.78 is 3.29. The van der Waals surface area contributed by atoms with Crippen LogP contribution in [0, 0.1) is 17.6 Å². The molecule has 3 rings (SSSR count). The summed E-state index contributed by atoms with van der Waals surface area (Å²) >= 11 is 5.59. The first-order chi connectivity index (χ1) is 9.20. The van der Waals surface area contributed by atoms with E-state index in [0.29, 0.717) is 6.04 Å². The second-order valence-electron chi connectivity index (χ2n) is 5.84. The molecule has 1 aliphatic rings. The van der Waals surface area contributed by atoms with Crippen LogP contribution in [0.3, 0.4) is 0 Å². The van der Waals surface area contributed by atoms with Crippen LogP contribution >= 0.6 is 12.2 Å². The van der Waals surface area contributed by atoms with Crippen molar-refractivity contribution in [2.75, 3.05) is 0 Å². The minimum absolute atomic E-state index is 0.585. The Kier molecular flexibility index (Phi) is 3.48. The minimum atomic E-state index is 0.585. The van der Waals surface area contributed by atoms with E-state index in [-0.39, 0.29) is 0 Å². The molecule has 2 unspecified atom stereocenters. The van der Waals surface area contributed by atoms with Gasteiger partial charge >= 0.3 is 0 Å². The highest BCUT2D eigenvalue weighted by Gasteiger charge is 2.26. The monoisotopic (exact) mass is 274 g/mol. The van der Waals surface area contributed by atoms with Crippen molar-refractivity contribution in [2.45, 2.75) is 52.0 Å². The molecule has 2 aromatic rings. The van der Waals surface area contributed by atoms with Gasteiger partial charge < -0.3 is 9.55 Å². The van der Waals surface area contributed by atoms with E-state index in [1.54, 1.807) is 0 Å². The molecule has 19 heavy (non-hydrogen) atoms. The van der Waals surface area contributed by atoms with Gasteiger partial charge in [-0.3, -0.25) is 0 Å². The molecule has 3 heteroatoms. The number of hydrogen-bond donors (Lipinski definition) is 1. The fourth-order valence-corrected chi connectivity index (χ4v) is 3.91. The number of benzene rings is 1. The highest BCUT2D eigenvalue weighted by Crippen LogP contribution is 2.38. The molecule has 1 aromatic heterocycles. The van der Waals surface area contributed by atoms with E-state index < -0.39 is 0 Å². The normalized spacial score (nSPS) is 23.9. The average Bonchev–Trinajstić information content (AvgIpc) is 2.74. The van der Waals surface area contributed by atoms with Crippen molar-refractivity contribution < 1.29 is 0 Å². The predicted octanol–water partition coefficient (Wildman–Crippen LogP) is 5.15. The molecule has 0 saturated heterocycles. The fourth-order valence-electron chi connectivity index (χ4n) is 3.56. The van der Waals surface area contributed by atoms with Gasteiger partial charge in [-0.25, -0.2) is 0 Å². The Balaban J connectivity index is 2.15. The van der Waals surface area contributed by atoms with Crippen LogP contribution < -0.4 is 0 Å². The average molecular weight is 274 g/mol. The molecule has 102 valence electrons. The number of imidazole rings is 1. The third-order valence-corrected chi connectivity index (χ3v) is 4.90. The van der Waals surface area contributed by atoms with Crippen LogP contribution in [0.2, 0.25) is 0 Å².